The molecule has 0 fully saturated rings. The summed E-state index contributed by atoms with van der Waals surface area (Å²) in [5.41, 5.74) is 12.3. The zero-order valence-corrected chi connectivity index (χ0v) is 8.70. The first kappa shape index (κ1) is 10.2. The molecule has 15 heavy (non-hydrogen) atoms. The van der Waals surface area contributed by atoms with E-state index >= 15 is 0 Å². The third-order valence-electron chi connectivity index (χ3n) is 2.25. The second-order valence-electron chi connectivity index (χ2n) is 3.34. The van der Waals surface area contributed by atoms with Crippen molar-refractivity contribution in [3.05, 3.63) is 52.8 Å². The van der Waals surface area contributed by atoms with Crippen molar-refractivity contribution in [2.24, 2.45) is 11.5 Å². The molecule has 0 aliphatic rings. The standard InChI is InChI=1S/C10H11ClN4/c11-8-3-1-7(2-4-8)10(12,13)9-5-6-14-15-9/h1-6H,12-13H2,(H,14,15). The average molecular weight is 223 g/mol. The Morgan fingerprint density at radius 3 is 2.33 bits per heavy atom. The van der Waals surface area contributed by atoms with Gasteiger partial charge in [-0.15, -0.1) is 0 Å². The van der Waals surface area contributed by atoms with Crippen molar-refractivity contribution < 1.29 is 0 Å². The van der Waals surface area contributed by atoms with Crippen LogP contribution in [0.5, 0.6) is 0 Å². The van der Waals surface area contributed by atoms with Gasteiger partial charge in [0.05, 0.1) is 0 Å². The molecule has 78 valence electrons. The van der Waals surface area contributed by atoms with Gasteiger partial charge in [-0.1, -0.05) is 23.7 Å². The lowest BCUT2D eigenvalue weighted by Gasteiger charge is -2.22. The second kappa shape index (κ2) is 3.66. The van der Waals surface area contributed by atoms with Crippen LogP contribution in [0, 0.1) is 0 Å². The molecule has 5 N–H and O–H groups in total. The molecule has 0 amide bonds. The summed E-state index contributed by atoms with van der Waals surface area (Å²) in [6.07, 6.45) is 1.68. The highest BCUT2D eigenvalue weighted by Crippen LogP contribution is 2.21. The summed E-state index contributed by atoms with van der Waals surface area (Å²) in [6, 6.07) is 8.82. The summed E-state index contributed by atoms with van der Waals surface area (Å²) < 4.78 is 0. The van der Waals surface area contributed by atoms with E-state index in [1.807, 2.05) is 0 Å². The van der Waals surface area contributed by atoms with Crippen LogP contribution < -0.4 is 11.5 Å². The summed E-state index contributed by atoms with van der Waals surface area (Å²) >= 11 is 5.78. The molecular weight excluding hydrogens is 212 g/mol. The number of nitrogens with one attached hydrogen (secondary N) is 1. The van der Waals surface area contributed by atoms with Gasteiger partial charge in [0.15, 0.2) is 0 Å². The Morgan fingerprint density at radius 2 is 1.80 bits per heavy atom. The van der Waals surface area contributed by atoms with Crippen LogP contribution in [0.3, 0.4) is 0 Å². The van der Waals surface area contributed by atoms with E-state index in [0.29, 0.717) is 10.7 Å². The van der Waals surface area contributed by atoms with E-state index in [-0.39, 0.29) is 0 Å². The van der Waals surface area contributed by atoms with E-state index in [1.54, 1.807) is 36.5 Å². The van der Waals surface area contributed by atoms with Gasteiger partial charge in [0.1, 0.15) is 11.4 Å². The first-order chi connectivity index (χ1) is 7.10. The zero-order valence-electron chi connectivity index (χ0n) is 7.94. The van der Waals surface area contributed by atoms with E-state index in [1.165, 1.54) is 0 Å². The van der Waals surface area contributed by atoms with Gasteiger partial charge in [0, 0.05) is 11.2 Å². The molecule has 0 saturated carbocycles. The molecule has 2 aromatic rings. The molecule has 1 heterocycles. The zero-order chi connectivity index (χ0) is 10.9. The number of nitrogens with zero attached hydrogens (tertiary/aromatic N) is 1. The topological polar surface area (TPSA) is 80.7 Å². The lowest BCUT2D eigenvalue weighted by molar-refractivity contribution is 0.546. The Hall–Kier alpha value is -1.36. The maximum Gasteiger partial charge on any atom is 0.135 e. The number of benzene rings is 1. The Balaban J connectivity index is 2.41. The minimum Gasteiger partial charge on any atom is -0.304 e. The Bertz CT molecular complexity index is 433. The van der Waals surface area contributed by atoms with Gasteiger partial charge in [-0.3, -0.25) is 5.10 Å². The molecule has 0 atom stereocenters. The molecule has 4 nitrogen and oxygen atoms in total. The Labute approximate surface area is 92.2 Å². The lowest BCUT2D eigenvalue weighted by Crippen LogP contribution is -2.47. The minimum absolute atomic E-state index is 0.588. The molecule has 0 aliphatic carbocycles. The van der Waals surface area contributed by atoms with Crippen LogP contribution in [-0.2, 0) is 5.66 Å². The van der Waals surface area contributed by atoms with Crippen molar-refractivity contribution in [2.75, 3.05) is 0 Å². The molecule has 0 saturated heterocycles. The number of aromatic amines is 1. The van der Waals surface area contributed by atoms with Crippen LogP contribution in [0.4, 0.5) is 0 Å². The van der Waals surface area contributed by atoms with Crippen molar-refractivity contribution >= 4 is 11.6 Å². The van der Waals surface area contributed by atoms with Gasteiger partial charge in [-0.2, -0.15) is 5.10 Å². The normalized spacial score (nSPS) is 11.7. The van der Waals surface area contributed by atoms with E-state index in [2.05, 4.69) is 10.2 Å². The highest BCUT2D eigenvalue weighted by atomic mass is 35.5. The summed E-state index contributed by atoms with van der Waals surface area (Å²) in [4.78, 5) is 0. The number of hydrogen-bond donors (Lipinski definition) is 3. The number of hydrogen-bond acceptors (Lipinski definition) is 3. The molecule has 0 aliphatic heterocycles. The summed E-state index contributed by atoms with van der Waals surface area (Å²) in [5, 5.41) is 7.31. The fourth-order valence-corrected chi connectivity index (χ4v) is 1.49. The van der Waals surface area contributed by atoms with E-state index in [4.69, 9.17) is 23.1 Å². The smallest absolute Gasteiger partial charge is 0.135 e. The van der Waals surface area contributed by atoms with Gasteiger partial charge >= 0.3 is 0 Å². The van der Waals surface area contributed by atoms with E-state index in [9.17, 15) is 0 Å². The molecule has 5 heteroatoms. The van der Waals surface area contributed by atoms with Crippen LogP contribution in [0.1, 0.15) is 11.3 Å². The highest BCUT2D eigenvalue weighted by Gasteiger charge is 2.26. The average Bonchev–Trinajstić information content (AvgIpc) is 2.71. The number of halogens is 1. The summed E-state index contributed by atoms with van der Waals surface area (Å²) in [5.74, 6) is 0. The molecule has 1 aromatic carbocycles. The highest BCUT2D eigenvalue weighted by molar-refractivity contribution is 6.30. The molecule has 0 radical (unpaired) electrons. The van der Waals surface area contributed by atoms with E-state index < -0.39 is 5.66 Å². The largest absolute Gasteiger partial charge is 0.304 e. The predicted octanol–water partition coefficient (Wildman–Crippen LogP) is 1.18. The fraction of sp³-hybridized carbons (Fsp3) is 0.100. The summed E-state index contributed by atoms with van der Waals surface area (Å²) in [7, 11) is 0. The van der Waals surface area contributed by atoms with Crippen LogP contribution in [0.25, 0.3) is 0 Å². The number of rotatable bonds is 2. The fourth-order valence-electron chi connectivity index (χ4n) is 1.36. The molecule has 1 aromatic heterocycles. The molecular formula is C10H11ClN4. The monoisotopic (exact) mass is 222 g/mol. The Kier molecular flexibility index (Phi) is 2.48. The molecule has 0 bridgehead atoms. The van der Waals surface area contributed by atoms with Gasteiger partial charge in [0.2, 0.25) is 0 Å². The van der Waals surface area contributed by atoms with E-state index in [0.717, 1.165) is 5.56 Å². The van der Waals surface area contributed by atoms with Gasteiger partial charge in [-0.25, -0.2) is 0 Å². The van der Waals surface area contributed by atoms with Crippen molar-refractivity contribution in [3.8, 4) is 0 Å². The third-order valence-corrected chi connectivity index (χ3v) is 2.50. The van der Waals surface area contributed by atoms with Gasteiger partial charge in [-0.05, 0) is 23.8 Å². The first-order valence-corrected chi connectivity index (χ1v) is 4.82. The maximum absolute atomic E-state index is 6.01. The number of H-pyrrole nitrogens is 1. The van der Waals surface area contributed by atoms with Crippen molar-refractivity contribution in [2.45, 2.75) is 5.66 Å². The molecule has 2 rings (SSSR count). The van der Waals surface area contributed by atoms with Gasteiger partial charge < -0.3 is 11.5 Å². The second-order valence-corrected chi connectivity index (χ2v) is 3.77. The van der Waals surface area contributed by atoms with Crippen molar-refractivity contribution in [1.29, 1.82) is 0 Å². The van der Waals surface area contributed by atoms with Crippen LogP contribution >= 0.6 is 11.6 Å². The SMILES string of the molecule is NC(N)(c1ccc(Cl)cc1)c1cc[nH]n1. The first-order valence-electron chi connectivity index (χ1n) is 4.45. The Morgan fingerprint density at radius 1 is 1.13 bits per heavy atom. The maximum atomic E-state index is 6.01. The summed E-state index contributed by atoms with van der Waals surface area (Å²) in [6.45, 7) is 0. The predicted molar refractivity (Wildman–Crippen MR) is 59.2 cm³/mol. The minimum atomic E-state index is -1.09. The van der Waals surface area contributed by atoms with Crippen molar-refractivity contribution in [1.82, 2.24) is 10.2 Å². The molecule has 0 unspecified atom stereocenters. The molecule has 0 spiro atoms. The van der Waals surface area contributed by atoms with Crippen molar-refractivity contribution in [3.63, 3.8) is 0 Å². The quantitative estimate of drug-likeness (QED) is 0.668. The van der Waals surface area contributed by atoms with Crippen LogP contribution in [0.2, 0.25) is 5.02 Å². The van der Waals surface area contributed by atoms with Crippen LogP contribution in [-0.4, -0.2) is 10.2 Å². The number of nitrogens with two attached hydrogens (primary N) is 2. The van der Waals surface area contributed by atoms with Crippen LogP contribution in [0.15, 0.2) is 36.5 Å². The van der Waals surface area contributed by atoms with Gasteiger partial charge in [0.25, 0.3) is 0 Å². The number of aromatic nitrogens is 2. The third kappa shape index (κ3) is 1.87. The lowest BCUT2D eigenvalue weighted by atomic mass is 9.98.